The van der Waals surface area contributed by atoms with Crippen LogP contribution in [0.4, 0.5) is 0 Å². The number of nitrogens with one attached hydrogen (secondary N) is 2. The number of nitrogens with zero attached hydrogens (tertiary/aromatic N) is 3. The molecule has 0 aromatic carbocycles. The average Bonchev–Trinajstić information content (AvgIpc) is 3.01. The molecule has 2 fully saturated rings. The van der Waals surface area contributed by atoms with Gasteiger partial charge >= 0.3 is 0 Å². The second kappa shape index (κ2) is 5.28. The van der Waals surface area contributed by atoms with E-state index in [1.807, 2.05) is 11.6 Å². The quantitative estimate of drug-likeness (QED) is 0.825. The summed E-state index contributed by atoms with van der Waals surface area (Å²) < 4.78 is 1.82. The van der Waals surface area contributed by atoms with E-state index in [9.17, 15) is 4.79 Å². The maximum absolute atomic E-state index is 12.2. The molecule has 1 aliphatic heterocycles. The van der Waals surface area contributed by atoms with E-state index < -0.39 is 0 Å². The molecular weight excluding hydrogens is 242 g/mol. The van der Waals surface area contributed by atoms with E-state index in [-0.39, 0.29) is 11.9 Å². The van der Waals surface area contributed by atoms with Gasteiger partial charge in [0.15, 0.2) is 5.82 Å². The summed E-state index contributed by atoms with van der Waals surface area (Å²) in [7, 11) is 1.88. The standard InChI is InChI=1S/C13H21N5O/c1-18-8-15-17-12(18)7-14-13(19)11-6-9-4-2-3-5-10(9)16-11/h8-11,16H,2-7H2,1H3,(H,14,19). The van der Waals surface area contributed by atoms with Crippen molar-refractivity contribution >= 4 is 5.91 Å². The van der Waals surface area contributed by atoms with Crippen molar-refractivity contribution in [1.29, 1.82) is 0 Å². The summed E-state index contributed by atoms with van der Waals surface area (Å²) in [5.74, 6) is 1.57. The number of aromatic nitrogens is 3. The summed E-state index contributed by atoms with van der Waals surface area (Å²) in [4.78, 5) is 12.2. The molecule has 1 aliphatic carbocycles. The van der Waals surface area contributed by atoms with Gasteiger partial charge in [0.25, 0.3) is 0 Å². The van der Waals surface area contributed by atoms with E-state index in [4.69, 9.17) is 0 Å². The Kier molecular flexibility index (Phi) is 3.50. The van der Waals surface area contributed by atoms with Crippen molar-refractivity contribution in [1.82, 2.24) is 25.4 Å². The minimum absolute atomic E-state index is 0.0265. The predicted molar refractivity (Wildman–Crippen MR) is 70.1 cm³/mol. The van der Waals surface area contributed by atoms with Crippen LogP contribution in [0.5, 0.6) is 0 Å². The molecule has 1 amide bonds. The largest absolute Gasteiger partial charge is 0.347 e. The second-order valence-corrected chi connectivity index (χ2v) is 5.68. The fourth-order valence-electron chi connectivity index (χ4n) is 3.28. The topological polar surface area (TPSA) is 71.8 Å². The van der Waals surface area contributed by atoms with Gasteiger partial charge in [0.05, 0.1) is 12.6 Å². The van der Waals surface area contributed by atoms with Crippen molar-refractivity contribution in [2.75, 3.05) is 0 Å². The minimum Gasteiger partial charge on any atom is -0.347 e. The van der Waals surface area contributed by atoms with Gasteiger partial charge in [-0.25, -0.2) is 0 Å². The molecule has 1 saturated carbocycles. The Balaban J connectivity index is 1.52. The van der Waals surface area contributed by atoms with E-state index in [1.54, 1.807) is 6.33 Å². The van der Waals surface area contributed by atoms with Gasteiger partial charge in [0.1, 0.15) is 6.33 Å². The monoisotopic (exact) mass is 263 g/mol. The van der Waals surface area contributed by atoms with E-state index in [2.05, 4.69) is 20.8 Å². The number of hydrogen-bond acceptors (Lipinski definition) is 4. The Morgan fingerprint density at radius 3 is 3.11 bits per heavy atom. The molecule has 0 radical (unpaired) electrons. The Hall–Kier alpha value is -1.43. The van der Waals surface area contributed by atoms with Crippen LogP contribution in [0.25, 0.3) is 0 Å². The highest BCUT2D eigenvalue weighted by molar-refractivity contribution is 5.82. The van der Waals surface area contributed by atoms with Crippen LogP contribution in [-0.4, -0.2) is 32.8 Å². The Labute approximate surface area is 113 Å². The van der Waals surface area contributed by atoms with Crippen LogP contribution in [0.2, 0.25) is 0 Å². The van der Waals surface area contributed by atoms with Gasteiger partial charge in [-0.2, -0.15) is 0 Å². The van der Waals surface area contributed by atoms with Gasteiger partial charge in [-0.1, -0.05) is 12.8 Å². The molecule has 0 spiro atoms. The van der Waals surface area contributed by atoms with Gasteiger partial charge < -0.3 is 15.2 Å². The highest BCUT2D eigenvalue weighted by atomic mass is 16.2. The predicted octanol–water partition coefficient (Wildman–Crippen LogP) is 0.352. The molecule has 19 heavy (non-hydrogen) atoms. The molecule has 3 unspecified atom stereocenters. The van der Waals surface area contributed by atoms with Gasteiger partial charge in [-0.3, -0.25) is 4.79 Å². The first kappa shape index (κ1) is 12.6. The number of fused-ring (bicyclic) bond motifs is 1. The van der Waals surface area contributed by atoms with Crippen LogP contribution in [-0.2, 0) is 18.4 Å². The number of carbonyl (C=O) groups excluding carboxylic acids is 1. The maximum atomic E-state index is 12.2. The third kappa shape index (κ3) is 2.63. The van der Waals surface area contributed by atoms with E-state index in [1.165, 1.54) is 25.7 Å². The van der Waals surface area contributed by atoms with Crippen LogP contribution in [0.15, 0.2) is 6.33 Å². The molecule has 3 rings (SSSR count). The third-order valence-electron chi connectivity index (χ3n) is 4.41. The van der Waals surface area contributed by atoms with Crippen molar-refractivity contribution in [2.45, 2.75) is 50.7 Å². The summed E-state index contributed by atoms with van der Waals surface area (Å²) in [5.41, 5.74) is 0. The number of rotatable bonds is 3. The first-order valence-corrected chi connectivity index (χ1v) is 7.10. The molecule has 3 atom stereocenters. The molecule has 6 nitrogen and oxygen atoms in total. The zero-order chi connectivity index (χ0) is 13.2. The van der Waals surface area contributed by atoms with Gasteiger partial charge in [-0.15, -0.1) is 10.2 Å². The smallest absolute Gasteiger partial charge is 0.237 e. The van der Waals surface area contributed by atoms with Crippen molar-refractivity contribution in [2.24, 2.45) is 13.0 Å². The lowest BCUT2D eigenvalue weighted by atomic mass is 9.85. The molecular formula is C13H21N5O. The fraction of sp³-hybridized carbons (Fsp3) is 0.769. The van der Waals surface area contributed by atoms with Crippen molar-refractivity contribution < 1.29 is 4.79 Å². The van der Waals surface area contributed by atoms with E-state index >= 15 is 0 Å². The van der Waals surface area contributed by atoms with Crippen LogP contribution in [0.1, 0.15) is 37.9 Å². The molecule has 2 aliphatic rings. The van der Waals surface area contributed by atoms with Crippen LogP contribution in [0, 0.1) is 5.92 Å². The highest BCUT2D eigenvalue weighted by Crippen LogP contribution is 2.33. The minimum atomic E-state index is -0.0265. The molecule has 104 valence electrons. The Morgan fingerprint density at radius 1 is 1.53 bits per heavy atom. The lowest BCUT2D eigenvalue weighted by Gasteiger charge is -2.24. The lowest BCUT2D eigenvalue weighted by molar-refractivity contribution is -0.123. The third-order valence-corrected chi connectivity index (χ3v) is 4.41. The van der Waals surface area contributed by atoms with E-state index in [0.717, 1.165) is 12.2 Å². The first-order valence-electron chi connectivity index (χ1n) is 7.10. The van der Waals surface area contributed by atoms with Crippen molar-refractivity contribution in [3.8, 4) is 0 Å². The molecule has 6 heteroatoms. The number of carbonyl (C=O) groups is 1. The summed E-state index contributed by atoms with van der Waals surface area (Å²) in [5, 5.41) is 14.2. The number of hydrogen-bond donors (Lipinski definition) is 2. The van der Waals surface area contributed by atoms with Crippen molar-refractivity contribution in [3.63, 3.8) is 0 Å². The molecule has 2 N–H and O–H groups in total. The van der Waals surface area contributed by atoms with E-state index in [0.29, 0.717) is 18.5 Å². The highest BCUT2D eigenvalue weighted by Gasteiger charge is 2.38. The molecule has 1 aromatic rings. The normalized spacial score (nSPS) is 30.1. The molecule has 2 heterocycles. The molecule has 1 aromatic heterocycles. The maximum Gasteiger partial charge on any atom is 0.237 e. The summed E-state index contributed by atoms with van der Waals surface area (Å²) in [6.07, 6.45) is 7.72. The first-order chi connectivity index (χ1) is 9.24. The van der Waals surface area contributed by atoms with Crippen LogP contribution in [0.3, 0.4) is 0 Å². The molecule has 0 bridgehead atoms. The molecule has 1 saturated heterocycles. The lowest BCUT2D eigenvalue weighted by Crippen LogP contribution is -2.43. The van der Waals surface area contributed by atoms with Crippen molar-refractivity contribution in [3.05, 3.63) is 12.2 Å². The SMILES string of the molecule is Cn1cnnc1CNC(=O)C1CC2CCCCC2N1. The van der Waals surface area contributed by atoms with Gasteiger partial charge in [0, 0.05) is 13.1 Å². The summed E-state index contributed by atoms with van der Waals surface area (Å²) >= 11 is 0. The van der Waals surface area contributed by atoms with Crippen LogP contribution >= 0.6 is 0 Å². The average molecular weight is 263 g/mol. The summed E-state index contributed by atoms with van der Waals surface area (Å²) in [6.45, 7) is 0.447. The second-order valence-electron chi connectivity index (χ2n) is 5.68. The zero-order valence-corrected chi connectivity index (χ0v) is 11.3. The zero-order valence-electron chi connectivity index (χ0n) is 11.3. The van der Waals surface area contributed by atoms with Gasteiger partial charge in [-0.05, 0) is 25.2 Å². The van der Waals surface area contributed by atoms with Crippen LogP contribution < -0.4 is 10.6 Å². The Morgan fingerprint density at radius 2 is 2.37 bits per heavy atom. The van der Waals surface area contributed by atoms with Gasteiger partial charge in [0.2, 0.25) is 5.91 Å². The summed E-state index contributed by atoms with van der Waals surface area (Å²) in [6, 6.07) is 0.528. The number of aryl methyl sites for hydroxylation is 1. The Bertz CT molecular complexity index is 444. The fourth-order valence-corrected chi connectivity index (χ4v) is 3.28. The number of amides is 1.